The van der Waals surface area contributed by atoms with Crippen molar-refractivity contribution in [1.82, 2.24) is 0 Å². The number of carbonyl (C=O) groups is 9. The van der Waals surface area contributed by atoms with Gasteiger partial charge >= 0.3 is 53.7 Å². The molecule has 6 rings (SSSR count). The third-order valence-corrected chi connectivity index (χ3v) is 16.7. The second-order valence-electron chi connectivity index (χ2n) is 26.0. The Labute approximate surface area is 672 Å². The van der Waals surface area contributed by atoms with Gasteiger partial charge in [0.25, 0.3) is 10.1 Å². The van der Waals surface area contributed by atoms with E-state index in [2.05, 4.69) is 23.9 Å². The van der Waals surface area contributed by atoms with Crippen LogP contribution in [0.15, 0.2) is 165 Å². The maximum Gasteiger partial charge on any atom is 0.343 e. The summed E-state index contributed by atoms with van der Waals surface area (Å²) < 4.78 is 79.1. The van der Waals surface area contributed by atoms with Crippen LogP contribution in [0.3, 0.4) is 0 Å². The van der Waals surface area contributed by atoms with Gasteiger partial charge < -0.3 is 78.0 Å². The topological polar surface area (TPSA) is 411 Å². The average Bonchev–Trinajstić information content (AvgIpc) is 0.822. The Kier molecular flexibility index (Phi) is 49.5. The van der Waals surface area contributed by atoms with Crippen LogP contribution in [0, 0.1) is 17.8 Å². The summed E-state index contributed by atoms with van der Waals surface area (Å²) in [6, 6.07) is 30.5. The third kappa shape index (κ3) is 44.9. The molecular formula is C86H110O28S. The number of ether oxygens (including phenoxy) is 10. The molecule has 0 heterocycles. The summed E-state index contributed by atoms with van der Waals surface area (Å²) in [5, 5.41) is 53.5. The van der Waals surface area contributed by atoms with Crippen LogP contribution in [0.1, 0.15) is 206 Å². The molecule has 0 unspecified atom stereocenters. The summed E-state index contributed by atoms with van der Waals surface area (Å²) in [5.41, 5.74) is 0.363. The number of carboxylic acids is 2. The van der Waals surface area contributed by atoms with E-state index in [0.29, 0.717) is 76.0 Å². The molecule has 0 saturated heterocycles. The fourth-order valence-corrected chi connectivity index (χ4v) is 9.66. The molecule has 6 N–H and O–H groups in total. The van der Waals surface area contributed by atoms with Gasteiger partial charge in [-0.05, 0) is 229 Å². The van der Waals surface area contributed by atoms with Gasteiger partial charge in [0.2, 0.25) is 0 Å². The molecule has 0 aliphatic carbocycles. The average molecular weight is 1620 g/mol. The molecule has 628 valence electrons. The predicted octanol–water partition coefficient (Wildman–Crippen LogP) is 16.2. The Morgan fingerprint density at radius 3 is 1.11 bits per heavy atom. The fourth-order valence-electron chi connectivity index (χ4n) is 9.18. The molecule has 28 nitrogen and oxygen atoms in total. The highest BCUT2D eigenvalue weighted by atomic mass is 32.2. The maximum atomic E-state index is 13.3. The van der Waals surface area contributed by atoms with Crippen LogP contribution in [0.2, 0.25) is 0 Å². The summed E-state index contributed by atoms with van der Waals surface area (Å²) in [4.78, 5) is 105. The molecular weight excluding hydrogens is 1510 g/mol. The number of esters is 7. The van der Waals surface area contributed by atoms with Crippen molar-refractivity contribution >= 4 is 63.8 Å². The lowest BCUT2D eigenvalue weighted by Gasteiger charge is -2.14. The van der Waals surface area contributed by atoms with Crippen molar-refractivity contribution in [2.45, 2.75) is 144 Å². The SMILES string of the molecule is C=CC(=O)OCCCCCCOc1ccc(C(=O)O)cc1.C=CC(=O)OCCCCCCOc1ccc(C(=O)Oc2ccc(OC(=O)c3ccc(OCCCCCCOC(=O)C=C)cc3)c(C(=O)OC[C@@H](C)CCC)c2)cc1.CC[C@H](C)COC(=O)c1cc(O)ccc1O.CC[C@H](C)COS(C)(=O)=O.O=C(O)c1cc(O)ccc1O. The number of carbonyl (C=O) groups excluding carboxylic acids is 7. The van der Waals surface area contributed by atoms with Crippen LogP contribution in [-0.4, -0.2) is 158 Å². The van der Waals surface area contributed by atoms with Crippen molar-refractivity contribution in [3.63, 3.8) is 0 Å². The van der Waals surface area contributed by atoms with Crippen LogP contribution < -0.4 is 23.7 Å². The Morgan fingerprint density at radius 2 is 0.739 bits per heavy atom. The molecule has 6 aromatic carbocycles. The van der Waals surface area contributed by atoms with E-state index < -0.39 is 57.9 Å². The van der Waals surface area contributed by atoms with Gasteiger partial charge in [0.05, 0.1) is 82.4 Å². The first kappa shape index (κ1) is 99.4. The van der Waals surface area contributed by atoms with Gasteiger partial charge in [-0.15, -0.1) is 0 Å². The highest BCUT2D eigenvalue weighted by Crippen LogP contribution is 2.29. The van der Waals surface area contributed by atoms with E-state index >= 15 is 0 Å². The van der Waals surface area contributed by atoms with Crippen molar-refractivity contribution in [3.05, 3.63) is 199 Å². The van der Waals surface area contributed by atoms with Gasteiger partial charge in [-0.2, -0.15) is 8.42 Å². The van der Waals surface area contributed by atoms with Crippen LogP contribution >= 0.6 is 0 Å². The minimum atomic E-state index is -3.23. The minimum Gasteiger partial charge on any atom is -0.508 e. The third-order valence-electron chi connectivity index (χ3n) is 16.2. The van der Waals surface area contributed by atoms with Gasteiger partial charge in [-0.1, -0.05) is 80.5 Å². The molecule has 0 fully saturated rings. The number of phenolic OH excluding ortho intramolecular Hbond substituents is 3. The summed E-state index contributed by atoms with van der Waals surface area (Å²) in [7, 11) is -3.23. The lowest BCUT2D eigenvalue weighted by Crippen LogP contribution is -2.16. The van der Waals surface area contributed by atoms with E-state index in [-0.39, 0.29) is 92.3 Å². The Bertz CT molecular complexity index is 4100. The lowest BCUT2D eigenvalue weighted by atomic mass is 10.1. The lowest BCUT2D eigenvalue weighted by molar-refractivity contribution is -0.138. The normalized spacial score (nSPS) is 11.2. The molecule has 0 amide bonds. The van der Waals surface area contributed by atoms with Crippen molar-refractivity contribution < 1.29 is 134 Å². The van der Waals surface area contributed by atoms with Crippen molar-refractivity contribution in [3.8, 4) is 51.7 Å². The summed E-state index contributed by atoms with van der Waals surface area (Å²) >= 11 is 0. The fraction of sp³-hybridized carbons (Fsp3) is 0.407. The zero-order valence-electron chi connectivity index (χ0n) is 66.5. The number of phenols is 4. The van der Waals surface area contributed by atoms with Crippen molar-refractivity contribution in [2.75, 3.05) is 65.7 Å². The molecule has 29 heteroatoms. The number of hydrogen-bond donors (Lipinski definition) is 6. The van der Waals surface area contributed by atoms with Crippen LogP contribution in [0.5, 0.6) is 51.7 Å². The second-order valence-corrected chi connectivity index (χ2v) is 27.7. The number of unbranched alkanes of at least 4 members (excludes halogenated alkanes) is 9. The first-order valence-corrected chi connectivity index (χ1v) is 39.5. The molecule has 115 heavy (non-hydrogen) atoms. The van der Waals surface area contributed by atoms with E-state index in [1.165, 1.54) is 54.6 Å². The summed E-state index contributed by atoms with van der Waals surface area (Å²) in [6.45, 7) is 25.5. The molecule has 3 atom stereocenters. The number of hydrogen-bond acceptors (Lipinski definition) is 26. The molecule has 0 bridgehead atoms. The maximum absolute atomic E-state index is 13.3. The second kappa shape index (κ2) is 57.3. The van der Waals surface area contributed by atoms with Gasteiger partial charge in [-0.25, -0.2) is 43.2 Å². The number of rotatable bonds is 46. The van der Waals surface area contributed by atoms with Gasteiger partial charge in [0.1, 0.15) is 68.4 Å². The van der Waals surface area contributed by atoms with Crippen LogP contribution in [0.4, 0.5) is 0 Å². The van der Waals surface area contributed by atoms with Crippen LogP contribution in [0.25, 0.3) is 0 Å². The first-order valence-electron chi connectivity index (χ1n) is 37.7. The predicted molar refractivity (Wildman–Crippen MR) is 429 cm³/mol. The zero-order chi connectivity index (χ0) is 85.5. The molecule has 0 saturated carbocycles. The van der Waals surface area contributed by atoms with Gasteiger partial charge in [0.15, 0.2) is 0 Å². The van der Waals surface area contributed by atoms with Gasteiger partial charge in [-0.3, -0.25) is 4.18 Å². The standard InChI is InChI=1S/C45H54O12.C16H20O5.C12H16O4.C7H6O4.C6H14O3S/c1-5-16-33(4)32-55-45(50)39-31-38(56-43(48)34-17-21-36(22-18-34)51-27-12-8-10-14-29-53-41(46)6-2)25-26-40(39)57-44(49)35-19-23-37(24-20-35)52-28-13-9-11-15-30-54-42(47)7-3;1-2-15(17)21-12-6-4-3-5-11-20-14-9-7-13(8-10-14)16(18)19;1-3-8(2)7-16-12(15)10-6-9(13)4-5-11(10)14;8-4-1-2-6(9)5(3-4)7(10)11;1-4-6(2)5-9-10(3,7)8/h6-7,17-26,31,33H,2-3,5,8-16,27-30,32H2,1,4H3;2,7-10H,1,3-6,11-12H2,(H,18,19);4-6,8,13-14H,3,7H2,1-2H3;1-3,8-9H,(H,10,11);6H,4-5H2,1-3H3/t33-;;8-;;6-/m0.0.0/s1. The molecule has 0 aliphatic rings. The van der Waals surface area contributed by atoms with E-state index in [1.54, 1.807) is 60.7 Å². The highest BCUT2D eigenvalue weighted by molar-refractivity contribution is 7.86. The molecule has 0 aliphatic heterocycles. The van der Waals surface area contributed by atoms with Crippen LogP contribution in [-0.2, 0) is 52.4 Å². The number of carboxylic acid groups (broad SMARTS) is 2. The minimum absolute atomic E-state index is 0.0108. The number of benzene rings is 6. The summed E-state index contributed by atoms with van der Waals surface area (Å²) in [5.74, 6) is -4.38. The smallest absolute Gasteiger partial charge is 0.343 e. The Hall–Kier alpha value is -11.7. The molecule has 0 aromatic heterocycles. The number of aromatic carboxylic acids is 2. The van der Waals surface area contributed by atoms with E-state index in [4.69, 9.17) is 67.8 Å². The molecule has 0 spiro atoms. The summed E-state index contributed by atoms with van der Waals surface area (Å²) in [6.07, 6.45) is 18.6. The van der Waals surface area contributed by atoms with Crippen molar-refractivity contribution in [1.29, 1.82) is 0 Å². The van der Waals surface area contributed by atoms with Gasteiger partial charge in [0, 0.05) is 18.2 Å². The van der Waals surface area contributed by atoms with Crippen molar-refractivity contribution in [2.24, 2.45) is 17.8 Å². The monoisotopic (exact) mass is 1620 g/mol. The van der Waals surface area contributed by atoms with E-state index in [0.717, 1.165) is 139 Å². The Morgan fingerprint density at radius 1 is 0.383 bits per heavy atom. The highest BCUT2D eigenvalue weighted by Gasteiger charge is 2.23. The molecule has 0 radical (unpaired) electrons. The van der Waals surface area contributed by atoms with E-state index in [1.807, 2.05) is 41.5 Å². The quantitative estimate of drug-likeness (QED) is 0.00393. The Balaban J connectivity index is 0.000000616. The van der Waals surface area contributed by atoms with E-state index in [9.17, 15) is 61.8 Å². The number of aromatic hydroxyl groups is 4. The molecule has 6 aromatic rings. The zero-order valence-corrected chi connectivity index (χ0v) is 67.3. The largest absolute Gasteiger partial charge is 0.508 e. The first-order chi connectivity index (χ1) is 54.9.